The zero-order valence-electron chi connectivity index (χ0n) is 9.46. The van der Waals surface area contributed by atoms with Gasteiger partial charge in [-0.1, -0.05) is 26.7 Å². The predicted molar refractivity (Wildman–Crippen MR) is 61.8 cm³/mol. The third-order valence-corrected chi connectivity index (χ3v) is 2.55. The van der Waals surface area contributed by atoms with E-state index >= 15 is 0 Å². The van der Waals surface area contributed by atoms with Crippen molar-refractivity contribution < 1.29 is 0 Å². The number of nitrogens with zero attached hydrogens (tertiary/aromatic N) is 1. The molecule has 0 aromatic carbocycles. The first kappa shape index (κ1) is 12.0. The molecule has 5 heteroatoms. The van der Waals surface area contributed by atoms with E-state index in [1.165, 1.54) is 6.42 Å². The number of hydrazine groups is 1. The Morgan fingerprint density at radius 2 is 2.20 bits per heavy atom. The van der Waals surface area contributed by atoms with Gasteiger partial charge < -0.3 is 5.73 Å². The van der Waals surface area contributed by atoms with Crippen molar-refractivity contribution in [1.82, 2.24) is 15.6 Å². The van der Waals surface area contributed by atoms with Gasteiger partial charge in [0.15, 0.2) is 0 Å². The van der Waals surface area contributed by atoms with Crippen LogP contribution >= 0.6 is 0 Å². The van der Waals surface area contributed by atoms with Gasteiger partial charge in [-0.15, -0.1) is 0 Å². The summed E-state index contributed by atoms with van der Waals surface area (Å²) in [6, 6.07) is 0.0995. The van der Waals surface area contributed by atoms with Crippen molar-refractivity contribution in [2.24, 2.45) is 11.8 Å². The number of aromatic amines is 1. The third kappa shape index (κ3) is 3.53. The number of hydrogen-bond acceptors (Lipinski definition) is 4. The lowest BCUT2D eigenvalue weighted by atomic mass is 10.00. The van der Waals surface area contributed by atoms with Gasteiger partial charge in [-0.25, -0.2) is 0 Å². The predicted octanol–water partition coefficient (Wildman–Crippen LogP) is 1.32. The molecule has 1 aromatic heterocycles. The highest BCUT2D eigenvalue weighted by Crippen LogP contribution is 2.22. The smallest absolute Gasteiger partial charge is 0.123 e. The van der Waals surface area contributed by atoms with Crippen LogP contribution in [0.5, 0.6) is 0 Å². The van der Waals surface area contributed by atoms with Crippen molar-refractivity contribution in [2.45, 2.75) is 39.2 Å². The van der Waals surface area contributed by atoms with E-state index < -0.39 is 0 Å². The van der Waals surface area contributed by atoms with Crippen LogP contribution in [0.15, 0.2) is 6.20 Å². The summed E-state index contributed by atoms with van der Waals surface area (Å²) in [5, 5.41) is 6.60. The molecule has 0 fully saturated rings. The van der Waals surface area contributed by atoms with E-state index in [9.17, 15) is 0 Å². The van der Waals surface area contributed by atoms with Gasteiger partial charge in [0.2, 0.25) is 0 Å². The van der Waals surface area contributed by atoms with Crippen LogP contribution in [-0.2, 0) is 0 Å². The van der Waals surface area contributed by atoms with Gasteiger partial charge in [0.1, 0.15) is 5.82 Å². The summed E-state index contributed by atoms with van der Waals surface area (Å²) in [6.45, 7) is 4.44. The molecule has 15 heavy (non-hydrogen) atoms. The third-order valence-electron chi connectivity index (χ3n) is 2.55. The molecule has 86 valence electrons. The van der Waals surface area contributed by atoms with E-state index in [4.69, 9.17) is 11.6 Å². The van der Waals surface area contributed by atoms with Gasteiger partial charge in [0.05, 0.1) is 12.2 Å². The minimum Gasteiger partial charge on any atom is -0.384 e. The van der Waals surface area contributed by atoms with Crippen LogP contribution < -0.4 is 17.0 Å². The lowest BCUT2D eigenvalue weighted by molar-refractivity contribution is 0.456. The second-order valence-electron chi connectivity index (χ2n) is 4.28. The number of nitrogens with one attached hydrogen (secondary N) is 2. The Balaban J connectivity index is 2.46. The Morgan fingerprint density at radius 1 is 1.47 bits per heavy atom. The minimum atomic E-state index is 0.0995. The number of nitrogens with two attached hydrogens (primary N) is 2. The van der Waals surface area contributed by atoms with Crippen molar-refractivity contribution in [3.8, 4) is 0 Å². The fraction of sp³-hybridized carbons (Fsp3) is 0.700. The summed E-state index contributed by atoms with van der Waals surface area (Å²) in [7, 11) is 0. The molecule has 1 heterocycles. The summed E-state index contributed by atoms with van der Waals surface area (Å²) < 4.78 is 0. The lowest BCUT2D eigenvalue weighted by Gasteiger charge is -2.15. The van der Waals surface area contributed by atoms with Crippen LogP contribution in [0.3, 0.4) is 0 Å². The van der Waals surface area contributed by atoms with Crippen LogP contribution in [0, 0.1) is 5.92 Å². The van der Waals surface area contributed by atoms with Gasteiger partial charge >= 0.3 is 0 Å². The van der Waals surface area contributed by atoms with Crippen LogP contribution in [-0.4, -0.2) is 10.2 Å². The maximum Gasteiger partial charge on any atom is 0.123 e. The van der Waals surface area contributed by atoms with Gasteiger partial charge in [-0.2, -0.15) is 5.10 Å². The van der Waals surface area contributed by atoms with Gasteiger partial charge in [0, 0.05) is 5.56 Å². The number of nitrogen functional groups attached to an aromatic ring is 1. The molecular formula is C10H21N5. The molecule has 6 N–H and O–H groups in total. The Kier molecular flexibility index (Phi) is 4.58. The Bertz CT molecular complexity index is 281. The van der Waals surface area contributed by atoms with Crippen LogP contribution in [0.25, 0.3) is 0 Å². The topological polar surface area (TPSA) is 92.7 Å². The number of H-pyrrole nitrogens is 1. The standard InChI is InChI=1S/C10H21N5/c1-7(2)4-3-5-9(14-12)8-6-13-15-10(8)11/h6-7,9,14H,3-5,12H2,1-2H3,(H3,11,13,15). The quantitative estimate of drug-likeness (QED) is 0.422. The number of aromatic nitrogens is 2. The minimum absolute atomic E-state index is 0.0995. The number of anilines is 1. The van der Waals surface area contributed by atoms with E-state index in [1.54, 1.807) is 6.20 Å². The molecule has 1 atom stereocenters. The maximum absolute atomic E-state index is 5.73. The molecule has 0 saturated heterocycles. The summed E-state index contributed by atoms with van der Waals surface area (Å²) in [4.78, 5) is 0. The molecule has 0 aliphatic carbocycles. The second kappa shape index (κ2) is 5.72. The molecule has 0 radical (unpaired) electrons. The molecule has 0 amide bonds. The van der Waals surface area contributed by atoms with Crippen molar-refractivity contribution >= 4 is 5.82 Å². The first-order chi connectivity index (χ1) is 7.15. The molecule has 0 spiro atoms. The first-order valence-corrected chi connectivity index (χ1v) is 5.40. The first-order valence-electron chi connectivity index (χ1n) is 5.40. The summed E-state index contributed by atoms with van der Waals surface area (Å²) >= 11 is 0. The average Bonchev–Trinajstić information content (AvgIpc) is 2.59. The van der Waals surface area contributed by atoms with E-state index in [2.05, 4.69) is 29.5 Å². The van der Waals surface area contributed by atoms with Crippen LogP contribution in [0.2, 0.25) is 0 Å². The molecule has 1 rings (SSSR count). The van der Waals surface area contributed by atoms with Crippen molar-refractivity contribution in [3.05, 3.63) is 11.8 Å². The van der Waals surface area contributed by atoms with Gasteiger partial charge in [-0.05, 0) is 12.3 Å². The fourth-order valence-corrected chi connectivity index (χ4v) is 1.64. The zero-order chi connectivity index (χ0) is 11.3. The monoisotopic (exact) mass is 211 g/mol. The van der Waals surface area contributed by atoms with Gasteiger partial charge in [0.25, 0.3) is 0 Å². The summed E-state index contributed by atoms with van der Waals surface area (Å²) in [6.07, 6.45) is 5.06. The van der Waals surface area contributed by atoms with Crippen molar-refractivity contribution in [3.63, 3.8) is 0 Å². The molecule has 5 nitrogen and oxygen atoms in total. The summed E-state index contributed by atoms with van der Waals surface area (Å²) in [5.74, 6) is 6.83. The zero-order valence-corrected chi connectivity index (χ0v) is 9.46. The maximum atomic E-state index is 5.73. The molecule has 0 aliphatic heterocycles. The Morgan fingerprint density at radius 3 is 2.67 bits per heavy atom. The van der Waals surface area contributed by atoms with E-state index in [0.29, 0.717) is 5.82 Å². The highest BCUT2D eigenvalue weighted by molar-refractivity contribution is 5.39. The average molecular weight is 211 g/mol. The molecular weight excluding hydrogens is 190 g/mol. The van der Waals surface area contributed by atoms with Crippen LogP contribution in [0.1, 0.15) is 44.7 Å². The van der Waals surface area contributed by atoms with Crippen molar-refractivity contribution in [1.29, 1.82) is 0 Å². The van der Waals surface area contributed by atoms with E-state index in [1.807, 2.05) is 0 Å². The molecule has 0 bridgehead atoms. The Hall–Kier alpha value is -1.07. The SMILES string of the molecule is CC(C)CCCC(NN)c1cn[nH]c1N. The second-order valence-corrected chi connectivity index (χ2v) is 4.28. The van der Waals surface area contributed by atoms with Crippen molar-refractivity contribution in [2.75, 3.05) is 5.73 Å². The summed E-state index contributed by atoms with van der Waals surface area (Å²) in [5.41, 5.74) is 9.47. The molecule has 1 aromatic rings. The largest absolute Gasteiger partial charge is 0.384 e. The highest BCUT2D eigenvalue weighted by Gasteiger charge is 2.14. The van der Waals surface area contributed by atoms with E-state index in [-0.39, 0.29) is 6.04 Å². The number of rotatable bonds is 6. The Labute approximate surface area is 90.6 Å². The molecule has 0 aliphatic rings. The normalized spacial score (nSPS) is 13.3. The van der Waals surface area contributed by atoms with E-state index in [0.717, 1.165) is 24.3 Å². The lowest BCUT2D eigenvalue weighted by Crippen LogP contribution is -2.28. The highest BCUT2D eigenvalue weighted by atomic mass is 15.2. The number of hydrogen-bond donors (Lipinski definition) is 4. The van der Waals surface area contributed by atoms with Gasteiger partial charge in [-0.3, -0.25) is 16.4 Å². The van der Waals surface area contributed by atoms with Crippen LogP contribution in [0.4, 0.5) is 5.82 Å². The fourth-order valence-electron chi connectivity index (χ4n) is 1.64. The molecule has 0 saturated carbocycles. The molecule has 1 unspecified atom stereocenters.